The molecule has 19 heavy (non-hydrogen) atoms. The number of likely N-dealkylation sites (N-methyl/N-ethyl adjacent to an activating group) is 1. The standard InChI is InChI=1S/C14H22N4O/c1-17(7-8-18-6-5-16-14(18)19)11-13-4-2-3-12(9-13)10-15/h2-4,9H,5-8,10-11,15H2,1H3,(H,16,19). The van der Waals surface area contributed by atoms with E-state index in [0.717, 1.165) is 38.3 Å². The normalized spacial score (nSPS) is 15.1. The van der Waals surface area contributed by atoms with E-state index < -0.39 is 0 Å². The van der Waals surface area contributed by atoms with Crippen LogP contribution in [0.4, 0.5) is 4.79 Å². The van der Waals surface area contributed by atoms with Crippen molar-refractivity contribution in [3.05, 3.63) is 35.4 Å². The first kappa shape index (κ1) is 13.8. The molecule has 0 spiro atoms. The van der Waals surface area contributed by atoms with E-state index in [4.69, 9.17) is 5.73 Å². The second-order valence-electron chi connectivity index (χ2n) is 4.98. The Balaban J connectivity index is 1.80. The molecule has 1 saturated heterocycles. The molecule has 1 aromatic carbocycles. The van der Waals surface area contributed by atoms with E-state index in [1.807, 2.05) is 17.0 Å². The molecule has 0 unspecified atom stereocenters. The van der Waals surface area contributed by atoms with Crippen LogP contribution in [0, 0.1) is 0 Å². The van der Waals surface area contributed by atoms with Gasteiger partial charge in [0.15, 0.2) is 0 Å². The smallest absolute Gasteiger partial charge is 0.317 e. The first-order valence-electron chi connectivity index (χ1n) is 6.68. The summed E-state index contributed by atoms with van der Waals surface area (Å²) < 4.78 is 0. The zero-order chi connectivity index (χ0) is 13.7. The maximum absolute atomic E-state index is 11.4. The summed E-state index contributed by atoms with van der Waals surface area (Å²) >= 11 is 0. The molecule has 5 heteroatoms. The van der Waals surface area contributed by atoms with E-state index in [0.29, 0.717) is 6.54 Å². The van der Waals surface area contributed by atoms with E-state index >= 15 is 0 Å². The topological polar surface area (TPSA) is 61.6 Å². The van der Waals surface area contributed by atoms with Gasteiger partial charge in [0, 0.05) is 39.3 Å². The molecule has 1 aliphatic heterocycles. The van der Waals surface area contributed by atoms with Crippen molar-refractivity contribution >= 4 is 6.03 Å². The van der Waals surface area contributed by atoms with Crippen LogP contribution in [0.3, 0.4) is 0 Å². The summed E-state index contributed by atoms with van der Waals surface area (Å²) in [6, 6.07) is 8.38. The zero-order valence-corrected chi connectivity index (χ0v) is 11.4. The number of benzene rings is 1. The quantitative estimate of drug-likeness (QED) is 0.789. The highest BCUT2D eigenvalue weighted by molar-refractivity contribution is 5.76. The number of nitrogens with one attached hydrogen (secondary N) is 1. The summed E-state index contributed by atoms with van der Waals surface area (Å²) in [6.07, 6.45) is 0. The summed E-state index contributed by atoms with van der Waals surface area (Å²) in [5.74, 6) is 0. The molecule has 2 rings (SSSR count). The van der Waals surface area contributed by atoms with Crippen molar-refractivity contribution in [2.75, 3.05) is 33.2 Å². The number of urea groups is 1. The molecule has 1 aliphatic rings. The Hall–Kier alpha value is -1.59. The van der Waals surface area contributed by atoms with Gasteiger partial charge in [-0.3, -0.25) is 0 Å². The van der Waals surface area contributed by atoms with Crippen molar-refractivity contribution in [3.8, 4) is 0 Å². The molecule has 0 atom stereocenters. The van der Waals surface area contributed by atoms with Gasteiger partial charge in [0.2, 0.25) is 0 Å². The van der Waals surface area contributed by atoms with E-state index in [1.165, 1.54) is 5.56 Å². The monoisotopic (exact) mass is 262 g/mol. The number of nitrogens with zero attached hydrogens (tertiary/aromatic N) is 2. The number of nitrogens with two attached hydrogens (primary N) is 1. The highest BCUT2D eigenvalue weighted by Gasteiger charge is 2.18. The fourth-order valence-corrected chi connectivity index (χ4v) is 2.26. The van der Waals surface area contributed by atoms with Crippen LogP contribution in [0.5, 0.6) is 0 Å². The van der Waals surface area contributed by atoms with Gasteiger partial charge in [0.25, 0.3) is 0 Å². The molecule has 3 N–H and O–H groups in total. The maximum Gasteiger partial charge on any atom is 0.317 e. The van der Waals surface area contributed by atoms with Crippen LogP contribution >= 0.6 is 0 Å². The minimum Gasteiger partial charge on any atom is -0.336 e. The molecule has 0 aromatic heterocycles. The average Bonchev–Trinajstić information content (AvgIpc) is 2.82. The number of carbonyl (C=O) groups is 1. The zero-order valence-electron chi connectivity index (χ0n) is 11.4. The lowest BCUT2D eigenvalue weighted by Gasteiger charge is -2.21. The Labute approximate surface area is 114 Å². The van der Waals surface area contributed by atoms with Gasteiger partial charge >= 0.3 is 6.03 Å². The highest BCUT2D eigenvalue weighted by atomic mass is 16.2. The summed E-state index contributed by atoms with van der Waals surface area (Å²) in [5, 5.41) is 2.81. The molecular formula is C14H22N4O. The Morgan fingerprint density at radius 2 is 2.21 bits per heavy atom. The number of rotatable bonds is 6. The maximum atomic E-state index is 11.4. The lowest BCUT2D eigenvalue weighted by atomic mass is 10.1. The van der Waals surface area contributed by atoms with Gasteiger partial charge in [-0.1, -0.05) is 24.3 Å². The molecule has 1 aromatic rings. The van der Waals surface area contributed by atoms with E-state index in [2.05, 4.69) is 29.4 Å². The lowest BCUT2D eigenvalue weighted by Crippen LogP contribution is -2.35. The van der Waals surface area contributed by atoms with Crippen LogP contribution in [0.2, 0.25) is 0 Å². The van der Waals surface area contributed by atoms with Crippen LogP contribution in [0.15, 0.2) is 24.3 Å². The summed E-state index contributed by atoms with van der Waals surface area (Å²) in [7, 11) is 2.07. The third kappa shape index (κ3) is 3.94. The molecule has 1 fully saturated rings. The Morgan fingerprint density at radius 3 is 2.89 bits per heavy atom. The average molecular weight is 262 g/mol. The molecule has 5 nitrogen and oxygen atoms in total. The van der Waals surface area contributed by atoms with Crippen LogP contribution < -0.4 is 11.1 Å². The van der Waals surface area contributed by atoms with Gasteiger partial charge in [-0.25, -0.2) is 4.79 Å². The highest BCUT2D eigenvalue weighted by Crippen LogP contribution is 2.07. The van der Waals surface area contributed by atoms with Crippen molar-refractivity contribution in [3.63, 3.8) is 0 Å². The molecule has 0 aliphatic carbocycles. The van der Waals surface area contributed by atoms with Crippen LogP contribution in [-0.2, 0) is 13.1 Å². The first-order chi connectivity index (χ1) is 9.19. The molecule has 1 heterocycles. The number of hydrogen-bond donors (Lipinski definition) is 2. The van der Waals surface area contributed by atoms with E-state index in [9.17, 15) is 4.79 Å². The van der Waals surface area contributed by atoms with Crippen LogP contribution in [0.1, 0.15) is 11.1 Å². The van der Waals surface area contributed by atoms with Gasteiger partial charge in [0.05, 0.1) is 0 Å². The van der Waals surface area contributed by atoms with Crippen LogP contribution in [0.25, 0.3) is 0 Å². The third-order valence-electron chi connectivity index (χ3n) is 3.38. The Morgan fingerprint density at radius 1 is 1.42 bits per heavy atom. The number of amides is 2. The minimum absolute atomic E-state index is 0.0542. The summed E-state index contributed by atoms with van der Waals surface area (Å²) in [6.45, 7) is 4.68. The molecule has 2 amide bonds. The van der Waals surface area contributed by atoms with E-state index in [1.54, 1.807) is 0 Å². The molecule has 0 radical (unpaired) electrons. The predicted octanol–water partition coefficient (Wildman–Crippen LogP) is 0.602. The fraction of sp³-hybridized carbons (Fsp3) is 0.500. The van der Waals surface area contributed by atoms with Gasteiger partial charge < -0.3 is 20.9 Å². The van der Waals surface area contributed by atoms with Crippen LogP contribution in [-0.4, -0.2) is 49.1 Å². The van der Waals surface area contributed by atoms with Gasteiger partial charge in [-0.15, -0.1) is 0 Å². The van der Waals surface area contributed by atoms with Gasteiger partial charge in [0.1, 0.15) is 0 Å². The van der Waals surface area contributed by atoms with E-state index in [-0.39, 0.29) is 6.03 Å². The van der Waals surface area contributed by atoms with Crippen molar-refractivity contribution in [2.45, 2.75) is 13.1 Å². The number of carbonyl (C=O) groups excluding carboxylic acids is 1. The SMILES string of the molecule is CN(CCN1CCNC1=O)Cc1cccc(CN)c1. The first-order valence-corrected chi connectivity index (χ1v) is 6.68. The van der Waals surface area contributed by atoms with Crippen molar-refractivity contribution < 1.29 is 4.79 Å². The van der Waals surface area contributed by atoms with Gasteiger partial charge in [-0.05, 0) is 18.2 Å². The summed E-state index contributed by atoms with van der Waals surface area (Å²) in [4.78, 5) is 15.5. The Bertz CT molecular complexity index is 435. The minimum atomic E-state index is 0.0542. The summed E-state index contributed by atoms with van der Waals surface area (Å²) in [5.41, 5.74) is 8.06. The van der Waals surface area contributed by atoms with Crippen molar-refractivity contribution in [2.24, 2.45) is 5.73 Å². The Kier molecular flexibility index (Phi) is 4.76. The predicted molar refractivity (Wildman–Crippen MR) is 75.6 cm³/mol. The van der Waals surface area contributed by atoms with Crippen molar-refractivity contribution in [1.29, 1.82) is 0 Å². The lowest BCUT2D eigenvalue weighted by molar-refractivity contribution is 0.207. The molecule has 104 valence electrons. The second kappa shape index (κ2) is 6.54. The molecular weight excluding hydrogens is 240 g/mol. The van der Waals surface area contributed by atoms with Crippen molar-refractivity contribution in [1.82, 2.24) is 15.1 Å². The molecule has 0 saturated carbocycles. The van der Waals surface area contributed by atoms with Gasteiger partial charge in [-0.2, -0.15) is 0 Å². The number of hydrogen-bond acceptors (Lipinski definition) is 3. The third-order valence-corrected chi connectivity index (χ3v) is 3.38. The molecule has 0 bridgehead atoms. The largest absolute Gasteiger partial charge is 0.336 e. The fourth-order valence-electron chi connectivity index (χ4n) is 2.26. The second-order valence-corrected chi connectivity index (χ2v) is 4.98.